The molecule has 0 heterocycles. The molecule has 134 valence electrons. The predicted molar refractivity (Wildman–Crippen MR) is 104 cm³/mol. The number of allylic oxidation sites excluding steroid dienone is 4. The molecule has 0 aliphatic carbocycles. The highest BCUT2D eigenvalue weighted by molar-refractivity contribution is 5.46. The number of benzene rings is 1. The molecule has 0 fully saturated rings. The Morgan fingerprint density at radius 1 is 1.40 bits per heavy atom. The zero-order chi connectivity index (χ0) is 18.8. The molecule has 1 atom stereocenters. The monoisotopic (exact) mass is 339 g/mol. The Labute approximate surface area is 151 Å². The molecule has 4 heteroatoms. The van der Waals surface area contributed by atoms with E-state index >= 15 is 0 Å². The lowest BCUT2D eigenvalue weighted by Gasteiger charge is -2.30. The molecule has 0 aliphatic rings. The summed E-state index contributed by atoms with van der Waals surface area (Å²) in [5.41, 5.74) is 9.41. The van der Waals surface area contributed by atoms with Gasteiger partial charge in [0.1, 0.15) is 5.75 Å². The highest BCUT2D eigenvalue weighted by atomic mass is 16.5. The lowest BCUT2D eigenvalue weighted by Crippen LogP contribution is -2.26. The van der Waals surface area contributed by atoms with Crippen molar-refractivity contribution in [2.75, 3.05) is 20.7 Å². The van der Waals surface area contributed by atoms with Gasteiger partial charge in [-0.3, -0.25) is 4.90 Å². The second-order valence-corrected chi connectivity index (χ2v) is 6.11. The van der Waals surface area contributed by atoms with Crippen LogP contribution in [0.25, 0.3) is 0 Å². The van der Waals surface area contributed by atoms with Crippen LogP contribution in [0.4, 0.5) is 0 Å². The van der Waals surface area contributed by atoms with E-state index in [0.717, 1.165) is 30.0 Å². The first kappa shape index (κ1) is 20.5. The lowest BCUT2D eigenvalue weighted by atomic mass is 9.95. The molecule has 1 unspecified atom stereocenters. The van der Waals surface area contributed by atoms with Crippen molar-refractivity contribution in [2.45, 2.75) is 33.2 Å². The number of nitrogens with zero attached hydrogens (tertiary/aromatic N) is 2. The molecule has 1 rings (SSSR count). The van der Waals surface area contributed by atoms with Gasteiger partial charge >= 0.3 is 0 Å². The number of rotatable bonds is 8. The number of ether oxygens (including phenoxy) is 1. The molecule has 25 heavy (non-hydrogen) atoms. The average Bonchev–Trinajstić information content (AvgIpc) is 2.60. The van der Waals surface area contributed by atoms with Crippen molar-refractivity contribution >= 4 is 0 Å². The Bertz CT molecular complexity index is 692. The standard InChI is InChI=1S/C21H29N3O/c1-6-7-8-9-16(2)21(24(4)13-12-17(3)23)19-11-10-18(15-22)14-20(19)25-5/h7-12,14,21H,6,13,23H2,1-5H3/b8-7-,16-9+,17-12+. The van der Waals surface area contributed by atoms with Crippen LogP contribution in [0.15, 0.2) is 53.8 Å². The molecular formula is C21H29N3O. The maximum absolute atomic E-state index is 9.14. The van der Waals surface area contributed by atoms with Crippen molar-refractivity contribution in [3.8, 4) is 11.8 Å². The topological polar surface area (TPSA) is 62.3 Å². The van der Waals surface area contributed by atoms with E-state index in [1.54, 1.807) is 13.2 Å². The summed E-state index contributed by atoms with van der Waals surface area (Å²) in [7, 11) is 3.69. The smallest absolute Gasteiger partial charge is 0.125 e. The van der Waals surface area contributed by atoms with E-state index in [-0.39, 0.29) is 6.04 Å². The summed E-state index contributed by atoms with van der Waals surface area (Å²) in [5, 5.41) is 9.14. The van der Waals surface area contributed by atoms with Gasteiger partial charge in [0, 0.05) is 17.8 Å². The summed E-state index contributed by atoms with van der Waals surface area (Å²) in [5.74, 6) is 0.719. The van der Waals surface area contributed by atoms with Gasteiger partial charge in [-0.25, -0.2) is 0 Å². The number of hydrogen-bond acceptors (Lipinski definition) is 4. The number of nitrogens with two attached hydrogens (primary N) is 1. The molecule has 0 aromatic heterocycles. The fraction of sp³-hybridized carbons (Fsp3) is 0.381. The third-order valence-corrected chi connectivity index (χ3v) is 3.96. The third-order valence-electron chi connectivity index (χ3n) is 3.96. The summed E-state index contributed by atoms with van der Waals surface area (Å²) in [6.07, 6.45) is 9.33. The Hall–Kier alpha value is -2.51. The molecule has 0 radical (unpaired) electrons. The summed E-state index contributed by atoms with van der Waals surface area (Å²) in [6, 6.07) is 7.78. The molecular weight excluding hydrogens is 310 g/mol. The Morgan fingerprint density at radius 2 is 2.12 bits per heavy atom. The fourth-order valence-corrected chi connectivity index (χ4v) is 2.68. The van der Waals surface area contributed by atoms with Crippen LogP contribution in [0.2, 0.25) is 0 Å². The number of methoxy groups -OCH3 is 1. The molecule has 1 aromatic carbocycles. The van der Waals surface area contributed by atoms with Crippen molar-refractivity contribution in [2.24, 2.45) is 5.73 Å². The predicted octanol–water partition coefficient (Wildman–Crippen LogP) is 4.31. The summed E-state index contributed by atoms with van der Waals surface area (Å²) < 4.78 is 5.56. The second kappa shape index (κ2) is 10.4. The third kappa shape index (κ3) is 6.13. The summed E-state index contributed by atoms with van der Waals surface area (Å²) in [6.45, 7) is 6.83. The van der Waals surface area contributed by atoms with Gasteiger partial charge in [0.05, 0.1) is 24.8 Å². The van der Waals surface area contributed by atoms with Crippen LogP contribution in [-0.2, 0) is 0 Å². The van der Waals surface area contributed by atoms with E-state index in [9.17, 15) is 0 Å². The highest BCUT2D eigenvalue weighted by Crippen LogP contribution is 2.34. The molecule has 0 amide bonds. The molecule has 0 bridgehead atoms. The second-order valence-electron chi connectivity index (χ2n) is 6.11. The average molecular weight is 339 g/mol. The minimum atomic E-state index is 0.0276. The maximum Gasteiger partial charge on any atom is 0.125 e. The first-order valence-corrected chi connectivity index (χ1v) is 8.48. The molecule has 0 saturated carbocycles. The Balaban J connectivity index is 3.35. The Morgan fingerprint density at radius 3 is 2.68 bits per heavy atom. The Kier molecular flexibility index (Phi) is 8.52. The van der Waals surface area contributed by atoms with Crippen LogP contribution in [0.5, 0.6) is 5.75 Å². The van der Waals surface area contributed by atoms with E-state index in [0.29, 0.717) is 5.56 Å². The molecule has 4 nitrogen and oxygen atoms in total. The van der Waals surface area contributed by atoms with Gasteiger partial charge in [0.2, 0.25) is 0 Å². The zero-order valence-corrected chi connectivity index (χ0v) is 15.9. The van der Waals surface area contributed by atoms with E-state index in [2.05, 4.69) is 50.1 Å². The minimum Gasteiger partial charge on any atom is -0.496 e. The minimum absolute atomic E-state index is 0.0276. The van der Waals surface area contributed by atoms with Crippen LogP contribution >= 0.6 is 0 Å². The van der Waals surface area contributed by atoms with E-state index in [4.69, 9.17) is 15.7 Å². The van der Waals surface area contributed by atoms with Crippen LogP contribution in [-0.4, -0.2) is 25.6 Å². The van der Waals surface area contributed by atoms with Crippen LogP contribution in [0.1, 0.15) is 44.4 Å². The van der Waals surface area contributed by atoms with Crippen molar-refractivity contribution in [1.82, 2.24) is 4.90 Å². The van der Waals surface area contributed by atoms with Gasteiger partial charge < -0.3 is 10.5 Å². The van der Waals surface area contributed by atoms with Gasteiger partial charge in [-0.2, -0.15) is 5.26 Å². The largest absolute Gasteiger partial charge is 0.496 e. The fourth-order valence-electron chi connectivity index (χ4n) is 2.68. The number of likely N-dealkylation sites (N-methyl/N-ethyl adjacent to an activating group) is 1. The normalized spacial score (nSPS) is 14.0. The molecule has 0 saturated heterocycles. The van der Waals surface area contributed by atoms with Crippen molar-refractivity contribution in [1.29, 1.82) is 5.26 Å². The summed E-state index contributed by atoms with van der Waals surface area (Å²) >= 11 is 0. The zero-order valence-electron chi connectivity index (χ0n) is 15.9. The molecule has 2 N–H and O–H groups in total. The van der Waals surface area contributed by atoms with Gasteiger partial charge in [-0.05, 0) is 39.4 Å². The lowest BCUT2D eigenvalue weighted by molar-refractivity contribution is 0.294. The number of nitriles is 1. The molecule has 0 aliphatic heterocycles. The first-order valence-electron chi connectivity index (χ1n) is 8.48. The van der Waals surface area contributed by atoms with Gasteiger partial charge in [0.15, 0.2) is 0 Å². The van der Waals surface area contributed by atoms with Crippen molar-refractivity contribution < 1.29 is 4.74 Å². The number of hydrogen-bond donors (Lipinski definition) is 1. The van der Waals surface area contributed by atoms with Crippen molar-refractivity contribution in [3.63, 3.8) is 0 Å². The van der Waals surface area contributed by atoms with Crippen molar-refractivity contribution in [3.05, 3.63) is 64.9 Å². The molecule has 1 aromatic rings. The van der Waals surface area contributed by atoms with Crippen LogP contribution < -0.4 is 10.5 Å². The molecule has 0 spiro atoms. The van der Waals surface area contributed by atoms with Gasteiger partial charge in [-0.1, -0.05) is 42.9 Å². The highest BCUT2D eigenvalue weighted by Gasteiger charge is 2.22. The van der Waals surface area contributed by atoms with E-state index in [1.165, 1.54) is 5.57 Å². The van der Waals surface area contributed by atoms with Crippen LogP contribution in [0.3, 0.4) is 0 Å². The quantitative estimate of drug-likeness (QED) is 0.717. The SMILES string of the molecule is CC/C=C\C=C(/C)C(c1ccc(C#N)cc1OC)N(C)C/C=C(\C)N. The van der Waals surface area contributed by atoms with Crippen LogP contribution in [0, 0.1) is 11.3 Å². The van der Waals surface area contributed by atoms with E-state index in [1.807, 2.05) is 25.1 Å². The van der Waals surface area contributed by atoms with E-state index < -0.39 is 0 Å². The van der Waals surface area contributed by atoms with Gasteiger partial charge in [0.25, 0.3) is 0 Å². The maximum atomic E-state index is 9.14. The first-order chi connectivity index (χ1) is 11.9. The summed E-state index contributed by atoms with van der Waals surface area (Å²) in [4.78, 5) is 2.21. The van der Waals surface area contributed by atoms with Gasteiger partial charge in [-0.15, -0.1) is 0 Å².